The van der Waals surface area contributed by atoms with E-state index in [1.54, 1.807) is 17.9 Å². The van der Waals surface area contributed by atoms with E-state index in [9.17, 15) is 9.59 Å². The number of amides is 2. The van der Waals surface area contributed by atoms with Gasteiger partial charge in [-0.3, -0.25) is 9.59 Å². The van der Waals surface area contributed by atoms with Crippen LogP contribution in [-0.2, 0) is 9.59 Å². The second-order valence-corrected chi connectivity index (χ2v) is 5.25. The molecule has 2 amide bonds. The van der Waals surface area contributed by atoms with Crippen LogP contribution in [0.5, 0.6) is 0 Å². The number of carbonyl (C=O) groups is 2. The van der Waals surface area contributed by atoms with Gasteiger partial charge in [0, 0.05) is 24.2 Å². The van der Waals surface area contributed by atoms with Gasteiger partial charge in [-0.2, -0.15) is 0 Å². The van der Waals surface area contributed by atoms with Crippen LogP contribution in [0.3, 0.4) is 0 Å². The topological polar surface area (TPSA) is 49.4 Å². The molecule has 0 radical (unpaired) electrons. The number of piperazine rings is 1. The van der Waals surface area contributed by atoms with Crippen LogP contribution in [0.1, 0.15) is 18.1 Å². The molecule has 106 valence electrons. The van der Waals surface area contributed by atoms with Crippen molar-refractivity contribution in [2.75, 3.05) is 13.1 Å². The highest BCUT2D eigenvalue weighted by molar-refractivity contribution is 6.31. The molecule has 1 saturated heterocycles. The van der Waals surface area contributed by atoms with Crippen LogP contribution in [0.4, 0.5) is 0 Å². The van der Waals surface area contributed by atoms with Crippen molar-refractivity contribution in [3.63, 3.8) is 0 Å². The number of carbonyl (C=O) groups excluding carboxylic acids is 2. The summed E-state index contributed by atoms with van der Waals surface area (Å²) in [6.45, 7) is 4.68. The Balaban J connectivity index is 2.08. The third-order valence-corrected chi connectivity index (χ3v) is 3.80. The molecule has 1 heterocycles. The molecule has 1 atom stereocenters. The highest BCUT2D eigenvalue weighted by Gasteiger charge is 2.27. The third kappa shape index (κ3) is 3.20. The molecule has 1 aromatic carbocycles. The lowest BCUT2D eigenvalue weighted by atomic mass is 10.1. The van der Waals surface area contributed by atoms with Gasteiger partial charge in [-0.25, -0.2) is 0 Å². The molecule has 1 unspecified atom stereocenters. The summed E-state index contributed by atoms with van der Waals surface area (Å²) in [5.41, 5.74) is 1.86. The predicted molar refractivity (Wildman–Crippen MR) is 79.4 cm³/mol. The van der Waals surface area contributed by atoms with Crippen molar-refractivity contribution in [3.05, 3.63) is 40.4 Å². The summed E-state index contributed by atoms with van der Waals surface area (Å²) >= 11 is 6.04. The average molecular weight is 293 g/mol. The van der Waals surface area contributed by atoms with Crippen molar-refractivity contribution >= 4 is 29.5 Å². The number of nitrogens with one attached hydrogen (secondary N) is 1. The van der Waals surface area contributed by atoms with Gasteiger partial charge in [-0.05, 0) is 37.1 Å². The smallest absolute Gasteiger partial charge is 0.247 e. The fourth-order valence-electron chi connectivity index (χ4n) is 2.06. The van der Waals surface area contributed by atoms with Crippen LogP contribution >= 0.6 is 11.6 Å². The van der Waals surface area contributed by atoms with E-state index in [4.69, 9.17) is 11.6 Å². The first kappa shape index (κ1) is 14.6. The van der Waals surface area contributed by atoms with E-state index in [2.05, 4.69) is 5.32 Å². The number of aryl methyl sites for hydroxylation is 1. The van der Waals surface area contributed by atoms with Gasteiger partial charge in [-0.1, -0.05) is 23.7 Å². The molecule has 1 aliphatic heterocycles. The summed E-state index contributed by atoms with van der Waals surface area (Å²) in [7, 11) is 0. The summed E-state index contributed by atoms with van der Waals surface area (Å²) in [5.74, 6) is -0.277. The van der Waals surface area contributed by atoms with E-state index in [0.29, 0.717) is 18.1 Å². The number of benzene rings is 1. The molecule has 1 fully saturated rings. The molecule has 0 aromatic heterocycles. The molecule has 20 heavy (non-hydrogen) atoms. The summed E-state index contributed by atoms with van der Waals surface area (Å²) in [6, 6.07) is 5.19. The Bertz CT molecular complexity index is 569. The maximum absolute atomic E-state index is 12.1. The van der Waals surface area contributed by atoms with Crippen LogP contribution in [0.25, 0.3) is 6.08 Å². The van der Waals surface area contributed by atoms with Crippen molar-refractivity contribution in [2.24, 2.45) is 0 Å². The first-order chi connectivity index (χ1) is 9.49. The van der Waals surface area contributed by atoms with Gasteiger partial charge in [0.05, 0.1) is 0 Å². The maximum atomic E-state index is 12.1. The van der Waals surface area contributed by atoms with Gasteiger partial charge >= 0.3 is 0 Å². The van der Waals surface area contributed by atoms with E-state index < -0.39 is 6.04 Å². The number of hydrogen-bond donors (Lipinski definition) is 1. The van der Waals surface area contributed by atoms with E-state index in [0.717, 1.165) is 11.1 Å². The fraction of sp³-hybridized carbons (Fsp3) is 0.333. The lowest BCUT2D eigenvalue weighted by molar-refractivity contribution is -0.139. The minimum Gasteiger partial charge on any atom is -0.353 e. The van der Waals surface area contributed by atoms with Crippen LogP contribution in [-0.4, -0.2) is 35.8 Å². The number of rotatable bonds is 2. The van der Waals surface area contributed by atoms with E-state index in [1.165, 1.54) is 6.08 Å². The van der Waals surface area contributed by atoms with Crippen molar-refractivity contribution < 1.29 is 9.59 Å². The van der Waals surface area contributed by atoms with Gasteiger partial charge < -0.3 is 10.2 Å². The van der Waals surface area contributed by atoms with E-state index >= 15 is 0 Å². The van der Waals surface area contributed by atoms with Crippen molar-refractivity contribution in [2.45, 2.75) is 19.9 Å². The molecular formula is C15H17ClN2O2. The molecule has 5 heteroatoms. The molecular weight excluding hydrogens is 276 g/mol. The summed E-state index contributed by atoms with van der Waals surface area (Å²) in [4.78, 5) is 25.2. The quantitative estimate of drug-likeness (QED) is 0.848. The Labute approximate surface area is 123 Å². The normalized spacial score (nSPS) is 19.2. The second kappa shape index (κ2) is 6.09. The molecule has 2 rings (SSSR count). The zero-order chi connectivity index (χ0) is 14.7. The number of halogens is 1. The van der Waals surface area contributed by atoms with Crippen molar-refractivity contribution in [3.8, 4) is 0 Å². The average Bonchev–Trinajstić information content (AvgIpc) is 2.43. The molecule has 1 aromatic rings. The van der Waals surface area contributed by atoms with Crippen LogP contribution in [0.15, 0.2) is 24.3 Å². The van der Waals surface area contributed by atoms with Gasteiger partial charge in [0.15, 0.2) is 0 Å². The SMILES string of the molecule is Cc1ccc(C=CC(=O)N2CCNC(=O)C2C)cc1Cl. The van der Waals surface area contributed by atoms with Crippen LogP contribution < -0.4 is 5.32 Å². The fourth-order valence-corrected chi connectivity index (χ4v) is 2.25. The van der Waals surface area contributed by atoms with E-state index in [1.807, 2.05) is 25.1 Å². The molecule has 1 aliphatic rings. The molecule has 4 nitrogen and oxygen atoms in total. The Morgan fingerprint density at radius 2 is 2.25 bits per heavy atom. The summed E-state index contributed by atoms with van der Waals surface area (Å²) in [6.07, 6.45) is 3.20. The van der Waals surface area contributed by atoms with Crippen LogP contribution in [0.2, 0.25) is 5.02 Å². The second-order valence-electron chi connectivity index (χ2n) is 4.84. The number of nitrogens with zero attached hydrogens (tertiary/aromatic N) is 1. The summed E-state index contributed by atoms with van der Waals surface area (Å²) in [5, 5.41) is 3.40. The van der Waals surface area contributed by atoms with Gasteiger partial charge in [0.1, 0.15) is 6.04 Å². The lowest BCUT2D eigenvalue weighted by Crippen LogP contribution is -2.55. The lowest BCUT2D eigenvalue weighted by Gasteiger charge is -2.31. The van der Waals surface area contributed by atoms with Gasteiger partial charge in [0.2, 0.25) is 11.8 Å². The minimum atomic E-state index is -0.428. The monoisotopic (exact) mass is 292 g/mol. The van der Waals surface area contributed by atoms with Crippen LogP contribution in [0, 0.1) is 6.92 Å². The standard InChI is InChI=1S/C15H17ClN2O2/c1-10-3-4-12(9-13(10)16)5-6-14(19)18-8-7-17-15(20)11(18)2/h3-6,9,11H,7-8H2,1-2H3,(H,17,20). The third-order valence-electron chi connectivity index (χ3n) is 3.40. The Morgan fingerprint density at radius 1 is 1.50 bits per heavy atom. The number of hydrogen-bond acceptors (Lipinski definition) is 2. The first-order valence-corrected chi connectivity index (χ1v) is 6.89. The van der Waals surface area contributed by atoms with Crippen molar-refractivity contribution in [1.29, 1.82) is 0 Å². The predicted octanol–water partition coefficient (Wildman–Crippen LogP) is 2.01. The Kier molecular flexibility index (Phi) is 4.45. The van der Waals surface area contributed by atoms with E-state index in [-0.39, 0.29) is 11.8 Å². The maximum Gasteiger partial charge on any atom is 0.247 e. The summed E-state index contributed by atoms with van der Waals surface area (Å²) < 4.78 is 0. The zero-order valence-corrected chi connectivity index (χ0v) is 12.3. The zero-order valence-electron chi connectivity index (χ0n) is 11.5. The highest BCUT2D eigenvalue weighted by Crippen LogP contribution is 2.17. The minimum absolute atomic E-state index is 0.114. The molecule has 0 spiro atoms. The molecule has 0 aliphatic carbocycles. The van der Waals surface area contributed by atoms with Gasteiger partial charge in [-0.15, -0.1) is 0 Å². The molecule has 1 N–H and O–H groups in total. The van der Waals surface area contributed by atoms with Crippen molar-refractivity contribution in [1.82, 2.24) is 10.2 Å². The van der Waals surface area contributed by atoms with Gasteiger partial charge in [0.25, 0.3) is 0 Å². The largest absolute Gasteiger partial charge is 0.353 e. The Morgan fingerprint density at radius 3 is 2.95 bits per heavy atom. The Hall–Kier alpha value is -1.81. The molecule has 0 bridgehead atoms. The molecule has 0 saturated carbocycles. The highest BCUT2D eigenvalue weighted by atomic mass is 35.5. The first-order valence-electron chi connectivity index (χ1n) is 6.51.